The monoisotopic (exact) mass is 282 g/mol. The Balaban J connectivity index is 2.30. The van der Waals surface area contributed by atoms with Crippen molar-refractivity contribution in [1.29, 1.82) is 0 Å². The fourth-order valence-electron chi connectivity index (χ4n) is 2.32. The summed E-state index contributed by atoms with van der Waals surface area (Å²) in [7, 11) is 0. The smallest absolute Gasteiger partial charge is 0.186 e. The maximum absolute atomic E-state index is 9.56. The van der Waals surface area contributed by atoms with Crippen LogP contribution in [0.2, 0.25) is 0 Å². The van der Waals surface area contributed by atoms with E-state index in [0.717, 1.165) is 22.2 Å². The van der Waals surface area contributed by atoms with Gasteiger partial charge < -0.3 is 10.0 Å². The van der Waals surface area contributed by atoms with Crippen molar-refractivity contribution in [2.24, 2.45) is 5.92 Å². The average molecular weight is 282 g/mol. The number of hydrogen-bond acceptors (Lipinski definition) is 4. The molecule has 1 heterocycles. The Morgan fingerprint density at radius 1 is 1.37 bits per heavy atom. The highest BCUT2D eigenvalue weighted by atomic mass is 32.1. The first-order valence-electron chi connectivity index (χ1n) is 7.20. The van der Waals surface area contributed by atoms with Crippen molar-refractivity contribution in [2.75, 3.05) is 11.4 Å². The lowest BCUT2D eigenvalue weighted by atomic mass is 9.91. The van der Waals surface area contributed by atoms with E-state index in [2.05, 4.69) is 39.5 Å². The Kier molecular flexibility index (Phi) is 4.21. The van der Waals surface area contributed by atoms with Gasteiger partial charge >= 0.3 is 0 Å². The van der Waals surface area contributed by atoms with Gasteiger partial charge in [-0.25, -0.2) is 4.98 Å². The van der Waals surface area contributed by atoms with Crippen LogP contribution in [0.25, 0.3) is 0 Å². The van der Waals surface area contributed by atoms with E-state index >= 15 is 0 Å². The molecule has 0 atom stereocenters. The van der Waals surface area contributed by atoms with E-state index in [1.165, 1.54) is 12.8 Å². The molecule has 1 saturated carbocycles. The maximum atomic E-state index is 9.56. The van der Waals surface area contributed by atoms with Crippen LogP contribution in [0, 0.1) is 5.92 Å². The molecule has 3 nitrogen and oxygen atoms in total. The minimum atomic E-state index is -0.000134. The van der Waals surface area contributed by atoms with Crippen molar-refractivity contribution >= 4 is 16.5 Å². The third-order valence-corrected chi connectivity index (χ3v) is 4.41. The van der Waals surface area contributed by atoms with E-state index in [0.29, 0.717) is 12.0 Å². The Morgan fingerprint density at radius 3 is 2.37 bits per heavy atom. The number of aliphatic hydroxyl groups is 1. The van der Waals surface area contributed by atoms with Crippen LogP contribution in [-0.2, 0) is 12.0 Å². The molecule has 4 heteroatoms. The zero-order valence-electron chi connectivity index (χ0n) is 12.7. The first-order valence-corrected chi connectivity index (χ1v) is 8.02. The summed E-state index contributed by atoms with van der Waals surface area (Å²) < 4.78 is 0. The molecule has 2 rings (SSSR count). The van der Waals surface area contributed by atoms with E-state index in [1.807, 2.05) is 0 Å². The third-order valence-electron chi connectivity index (χ3n) is 3.34. The van der Waals surface area contributed by atoms with Gasteiger partial charge in [-0.15, -0.1) is 0 Å². The molecule has 1 aliphatic carbocycles. The van der Waals surface area contributed by atoms with E-state index in [9.17, 15) is 5.11 Å². The topological polar surface area (TPSA) is 36.4 Å². The molecule has 0 unspecified atom stereocenters. The SMILES string of the molecule is CC(C)CN(c1nc(C(C)(C)C)c(CO)s1)C1CC1. The molecular formula is C15H26N2OS. The van der Waals surface area contributed by atoms with Crippen LogP contribution in [0.4, 0.5) is 5.13 Å². The second-order valence-electron chi connectivity index (χ2n) is 6.95. The first kappa shape index (κ1) is 14.8. The highest BCUT2D eigenvalue weighted by Crippen LogP contribution is 2.38. The Hall–Kier alpha value is -0.610. The second-order valence-corrected chi connectivity index (χ2v) is 8.02. The van der Waals surface area contributed by atoms with Crippen molar-refractivity contribution in [3.8, 4) is 0 Å². The number of aliphatic hydroxyl groups excluding tert-OH is 1. The van der Waals surface area contributed by atoms with Crippen LogP contribution in [0.3, 0.4) is 0 Å². The molecule has 1 N–H and O–H groups in total. The Morgan fingerprint density at radius 2 is 2.00 bits per heavy atom. The number of anilines is 1. The molecule has 0 bridgehead atoms. The molecule has 1 fully saturated rings. The summed E-state index contributed by atoms with van der Waals surface area (Å²) in [4.78, 5) is 8.32. The largest absolute Gasteiger partial charge is 0.391 e. The van der Waals surface area contributed by atoms with Gasteiger partial charge in [-0.2, -0.15) is 0 Å². The van der Waals surface area contributed by atoms with Crippen LogP contribution in [0.15, 0.2) is 0 Å². The van der Waals surface area contributed by atoms with Gasteiger partial charge in [0.2, 0.25) is 0 Å². The molecule has 0 spiro atoms. The normalized spacial score (nSPS) is 16.2. The van der Waals surface area contributed by atoms with Crippen molar-refractivity contribution in [1.82, 2.24) is 4.98 Å². The standard InChI is InChI=1S/C15H26N2OS/c1-10(2)8-17(11-6-7-11)14-16-13(15(3,4)5)12(9-18)19-14/h10-11,18H,6-9H2,1-5H3. The van der Waals surface area contributed by atoms with E-state index in [-0.39, 0.29) is 12.0 Å². The van der Waals surface area contributed by atoms with Crippen LogP contribution in [-0.4, -0.2) is 22.7 Å². The fraction of sp³-hybridized carbons (Fsp3) is 0.800. The van der Waals surface area contributed by atoms with Gasteiger partial charge in [-0.3, -0.25) is 0 Å². The predicted molar refractivity (Wildman–Crippen MR) is 81.9 cm³/mol. The number of hydrogen-bond donors (Lipinski definition) is 1. The highest BCUT2D eigenvalue weighted by Gasteiger charge is 2.33. The summed E-state index contributed by atoms with van der Waals surface area (Å²) in [6.45, 7) is 12.1. The summed E-state index contributed by atoms with van der Waals surface area (Å²) in [6, 6.07) is 0.674. The molecule has 1 aromatic heterocycles. The van der Waals surface area contributed by atoms with E-state index in [1.54, 1.807) is 11.3 Å². The highest BCUT2D eigenvalue weighted by molar-refractivity contribution is 7.15. The van der Waals surface area contributed by atoms with Crippen LogP contribution >= 0.6 is 11.3 Å². The molecular weight excluding hydrogens is 256 g/mol. The number of aromatic nitrogens is 1. The van der Waals surface area contributed by atoms with Crippen LogP contribution in [0.5, 0.6) is 0 Å². The van der Waals surface area contributed by atoms with Crippen molar-refractivity contribution in [2.45, 2.75) is 65.5 Å². The lowest BCUT2D eigenvalue weighted by Gasteiger charge is -2.24. The summed E-state index contributed by atoms with van der Waals surface area (Å²) in [5.74, 6) is 0.639. The summed E-state index contributed by atoms with van der Waals surface area (Å²) >= 11 is 1.67. The lowest BCUT2D eigenvalue weighted by Crippen LogP contribution is -2.29. The second kappa shape index (κ2) is 5.41. The van der Waals surface area contributed by atoms with Crippen molar-refractivity contribution < 1.29 is 5.11 Å². The first-order chi connectivity index (χ1) is 8.82. The molecule has 1 aromatic rings. The van der Waals surface area contributed by atoms with Crippen molar-refractivity contribution in [3.63, 3.8) is 0 Å². The van der Waals surface area contributed by atoms with Gasteiger partial charge in [0, 0.05) is 18.0 Å². The molecule has 0 aliphatic heterocycles. The third kappa shape index (κ3) is 3.48. The fourth-order valence-corrected chi connectivity index (χ4v) is 3.53. The number of rotatable bonds is 5. The number of thiazole rings is 1. The minimum Gasteiger partial charge on any atom is -0.391 e. The summed E-state index contributed by atoms with van der Waals surface area (Å²) in [5.41, 5.74) is 1.06. The molecule has 0 aromatic carbocycles. The van der Waals surface area contributed by atoms with Crippen molar-refractivity contribution in [3.05, 3.63) is 10.6 Å². The van der Waals surface area contributed by atoms with Gasteiger partial charge in [-0.1, -0.05) is 46.0 Å². The summed E-state index contributed by atoms with van der Waals surface area (Å²) in [5, 5.41) is 10.7. The quantitative estimate of drug-likeness (QED) is 0.897. The van der Waals surface area contributed by atoms with E-state index < -0.39 is 0 Å². The van der Waals surface area contributed by atoms with Crippen LogP contribution in [0.1, 0.15) is 58.0 Å². The molecule has 19 heavy (non-hydrogen) atoms. The molecule has 1 aliphatic rings. The minimum absolute atomic E-state index is 0.000134. The molecule has 0 amide bonds. The van der Waals surface area contributed by atoms with Gasteiger partial charge in [0.1, 0.15) is 0 Å². The number of nitrogens with zero attached hydrogens (tertiary/aromatic N) is 2. The zero-order valence-corrected chi connectivity index (χ0v) is 13.5. The molecule has 108 valence electrons. The zero-order chi connectivity index (χ0) is 14.2. The van der Waals surface area contributed by atoms with Gasteiger partial charge in [0.15, 0.2) is 5.13 Å². The summed E-state index contributed by atoms with van der Waals surface area (Å²) in [6.07, 6.45) is 2.57. The lowest BCUT2D eigenvalue weighted by molar-refractivity contribution is 0.282. The maximum Gasteiger partial charge on any atom is 0.186 e. The van der Waals surface area contributed by atoms with E-state index in [4.69, 9.17) is 4.98 Å². The predicted octanol–water partition coefficient (Wildman–Crippen LogP) is 3.56. The Bertz CT molecular complexity index is 430. The Labute approximate surface area is 120 Å². The van der Waals surface area contributed by atoms with Gasteiger partial charge in [-0.05, 0) is 18.8 Å². The van der Waals surface area contributed by atoms with Crippen LogP contribution < -0.4 is 4.90 Å². The molecule has 0 radical (unpaired) electrons. The average Bonchev–Trinajstić information content (AvgIpc) is 3.02. The van der Waals surface area contributed by atoms with Gasteiger partial charge in [0.25, 0.3) is 0 Å². The molecule has 0 saturated heterocycles. The van der Waals surface area contributed by atoms with Gasteiger partial charge in [0.05, 0.1) is 17.2 Å².